The van der Waals surface area contributed by atoms with Gasteiger partial charge in [0.15, 0.2) is 0 Å². The maximum atomic E-state index is 10.4. The molecule has 0 saturated heterocycles. The van der Waals surface area contributed by atoms with Crippen LogP contribution < -0.4 is 5.73 Å². The Morgan fingerprint density at radius 2 is 1.69 bits per heavy atom. The Morgan fingerprint density at radius 1 is 1.23 bits per heavy atom. The molecule has 1 aromatic rings. The molecular formula is C8H11Cl2NO2. The summed E-state index contributed by atoms with van der Waals surface area (Å²) in [7, 11) is 0. The molecule has 3 N–H and O–H groups in total. The number of hydrogen-bond acceptors (Lipinski definition) is 2. The molecule has 74 valence electrons. The highest BCUT2D eigenvalue weighted by molar-refractivity contribution is 5.85. The lowest BCUT2D eigenvalue weighted by atomic mass is 10.1. The molecule has 0 aliphatic rings. The first-order chi connectivity index (χ1) is 5.22. The van der Waals surface area contributed by atoms with Crippen LogP contribution in [0.1, 0.15) is 11.6 Å². The number of halogens is 2. The van der Waals surface area contributed by atoms with Crippen molar-refractivity contribution >= 4 is 30.8 Å². The number of carbonyl (C=O) groups is 1. The van der Waals surface area contributed by atoms with Gasteiger partial charge in [0.1, 0.15) is 6.04 Å². The van der Waals surface area contributed by atoms with Gasteiger partial charge in [0.25, 0.3) is 0 Å². The average molecular weight is 224 g/mol. The summed E-state index contributed by atoms with van der Waals surface area (Å²) in [6.45, 7) is 0. The molecule has 0 fully saturated rings. The van der Waals surface area contributed by atoms with Crippen LogP contribution in [0.2, 0.25) is 0 Å². The van der Waals surface area contributed by atoms with E-state index in [9.17, 15) is 4.79 Å². The molecule has 0 amide bonds. The minimum absolute atomic E-state index is 0. The Hall–Kier alpha value is -0.770. The second kappa shape index (κ2) is 6.71. The van der Waals surface area contributed by atoms with E-state index in [0.29, 0.717) is 5.56 Å². The summed E-state index contributed by atoms with van der Waals surface area (Å²) >= 11 is 0. The number of nitrogens with two attached hydrogens (primary N) is 1. The lowest BCUT2D eigenvalue weighted by molar-refractivity contribution is -0.138. The van der Waals surface area contributed by atoms with Crippen molar-refractivity contribution in [2.75, 3.05) is 0 Å². The average Bonchev–Trinajstić information content (AvgIpc) is 2.05. The predicted octanol–water partition coefficient (Wildman–Crippen LogP) is 1.61. The molecule has 0 unspecified atom stereocenters. The maximum absolute atomic E-state index is 10.4. The molecule has 0 spiro atoms. The third-order valence-corrected chi connectivity index (χ3v) is 1.42. The lowest BCUT2D eigenvalue weighted by Gasteiger charge is -2.04. The first-order valence-electron chi connectivity index (χ1n) is 3.25. The zero-order chi connectivity index (χ0) is 8.27. The van der Waals surface area contributed by atoms with Crippen LogP contribution in [0.4, 0.5) is 0 Å². The topological polar surface area (TPSA) is 63.3 Å². The van der Waals surface area contributed by atoms with E-state index in [-0.39, 0.29) is 24.8 Å². The Balaban J connectivity index is 0. The molecule has 1 rings (SSSR count). The first-order valence-corrected chi connectivity index (χ1v) is 3.25. The monoisotopic (exact) mass is 223 g/mol. The summed E-state index contributed by atoms with van der Waals surface area (Å²) in [5, 5.41) is 8.51. The van der Waals surface area contributed by atoms with E-state index in [4.69, 9.17) is 10.8 Å². The minimum Gasteiger partial charge on any atom is -0.480 e. The van der Waals surface area contributed by atoms with Crippen LogP contribution in [0.5, 0.6) is 0 Å². The second-order valence-electron chi connectivity index (χ2n) is 2.23. The van der Waals surface area contributed by atoms with Crippen LogP contribution in [0.3, 0.4) is 0 Å². The van der Waals surface area contributed by atoms with Crippen molar-refractivity contribution in [3.63, 3.8) is 0 Å². The predicted molar refractivity (Wildman–Crippen MR) is 55.5 cm³/mol. The quantitative estimate of drug-likeness (QED) is 0.802. The van der Waals surface area contributed by atoms with E-state index in [1.54, 1.807) is 24.3 Å². The molecule has 3 nitrogen and oxygen atoms in total. The maximum Gasteiger partial charge on any atom is 0.325 e. The van der Waals surface area contributed by atoms with Gasteiger partial charge in [-0.25, -0.2) is 0 Å². The largest absolute Gasteiger partial charge is 0.480 e. The molecule has 0 radical (unpaired) electrons. The highest BCUT2D eigenvalue weighted by Crippen LogP contribution is 2.08. The van der Waals surface area contributed by atoms with Gasteiger partial charge in [-0.15, -0.1) is 24.8 Å². The zero-order valence-electron chi connectivity index (χ0n) is 6.71. The van der Waals surface area contributed by atoms with Crippen molar-refractivity contribution in [2.45, 2.75) is 6.04 Å². The van der Waals surface area contributed by atoms with Gasteiger partial charge in [0, 0.05) is 0 Å². The first kappa shape index (κ1) is 14.7. The molecule has 0 saturated carbocycles. The summed E-state index contributed by atoms with van der Waals surface area (Å²) in [4.78, 5) is 10.4. The van der Waals surface area contributed by atoms with E-state index in [2.05, 4.69) is 0 Å². The summed E-state index contributed by atoms with van der Waals surface area (Å²) in [6.07, 6.45) is 0. The molecule has 0 heterocycles. The molecule has 0 aliphatic heterocycles. The lowest BCUT2D eigenvalue weighted by Crippen LogP contribution is -2.20. The van der Waals surface area contributed by atoms with Gasteiger partial charge in [0.2, 0.25) is 0 Å². The summed E-state index contributed by atoms with van der Waals surface area (Å²) < 4.78 is 0. The van der Waals surface area contributed by atoms with Gasteiger partial charge < -0.3 is 10.8 Å². The third-order valence-electron chi connectivity index (χ3n) is 1.42. The van der Waals surface area contributed by atoms with Gasteiger partial charge in [-0.2, -0.15) is 0 Å². The van der Waals surface area contributed by atoms with Gasteiger partial charge >= 0.3 is 5.97 Å². The van der Waals surface area contributed by atoms with E-state index in [1.165, 1.54) is 0 Å². The molecule has 13 heavy (non-hydrogen) atoms. The highest BCUT2D eigenvalue weighted by Gasteiger charge is 2.12. The van der Waals surface area contributed by atoms with E-state index >= 15 is 0 Å². The number of benzene rings is 1. The van der Waals surface area contributed by atoms with Gasteiger partial charge in [-0.3, -0.25) is 4.79 Å². The van der Waals surface area contributed by atoms with Gasteiger partial charge in [-0.1, -0.05) is 30.3 Å². The molecule has 1 aromatic carbocycles. The van der Waals surface area contributed by atoms with E-state index < -0.39 is 12.0 Å². The summed E-state index contributed by atoms with van der Waals surface area (Å²) in [6, 6.07) is 7.82. The van der Waals surface area contributed by atoms with Crippen molar-refractivity contribution < 1.29 is 9.90 Å². The Labute approximate surface area is 88.8 Å². The van der Waals surface area contributed by atoms with Gasteiger partial charge in [-0.05, 0) is 5.56 Å². The van der Waals surface area contributed by atoms with Crippen LogP contribution in [-0.4, -0.2) is 11.1 Å². The molecule has 0 aliphatic carbocycles. The number of carboxylic acid groups (broad SMARTS) is 1. The smallest absolute Gasteiger partial charge is 0.325 e. The molecule has 0 aromatic heterocycles. The number of hydrogen-bond donors (Lipinski definition) is 2. The molecule has 5 heteroatoms. The fourth-order valence-electron chi connectivity index (χ4n) is 0.803. The minimum atomic E-state index is -1.00. The fourth-order valence-corrected chi connectivity index (χ4v) is 0.803. The standard InChI is InChI=1S/C8H9NO2.2ClH/c9-7(8(10)11)6-4-2-1-3-5-6;;/h1-5,7H,9H2,(H,10,11);2*1H/t7-;;/m1../s1. The van der Waals surface area contributed by atoms with Crippen LogP contribution >= 0.6 is 24.8 Å². The Kier molecular flexibility index (Phi) is 7.61. The second-order valence-corrected chi connectivity index (χ2v) is 2.23. The van der Waals surface area contributed by atoms with Crippen LogP contribution in [0.15, 0.2) is 30.3 Å². The number of carboxylic acids is 1. The van der Waals surface area contributed by atoms with Gasteiger partial charge in [0.05, 0.1) is 0 Å². The van der Waals surface area contributed by atoms with E-state index in [0.717, 1.165) is 0 Å². The Bertz CT molecular complexity index is 254. The number of aliphatic carboxylic acids is 1. The van der Waals surface area contributed by atoms with Crippen molar-refractivity contribution in [2.24, 2.45) is 5.73 Å². The van der Waals surface area contributed by atoms with Crippen molar-refractivity contribution in [3.8, 4) is 0 Å². The van der Waals surface area contributed by atoms with Crippen molar-refractivity contribution in [3.05, 3.63) is 35.9 Å². The summed E-state index contributed by atoms with van der Waals surface area (Å²) in [5.74, 6) is -1.00. The third kappa shape index (κ3) is 4.12. The van der Waals surface area contributed by atoms with E-state index in [1.807, 2.05) is 6.07 Å². The molecule has 0 bridgehead atoms. The van der Waals surface area contributed by atoms with Crippen LogP contribution in [0.25, 0.3) is 0 Å². The summed E-state index contributed by atoms with van der Waals surface area (Å²) in [5.41, 5.74) is 5.96. The van der Waals surface area contributed by atoms with Crippen molar-refractivity contribution in [1.29, 1.82) is 0 Å². The SMILES string of the molecule is Cl.Cl.N[C@@H](C(=O)O)c1ccccc1. The molecular weight excluding hydrogens is 213 g/mol. The highest BCUT2D eigenvalue weighted by atomic mass is 35.5. The van der Waals surface area contributed by atoms with Crippen LogP contribution in [0, 0.1) is 0 Å². The Morgan fingerprint density at radius 3 is 2.08 bits per heavy atom. The van der Waals surface area contributed by atoms with Crippen molar-refractivity contribution in [1.82, 2.24) is 0 Å². The number of rotatable bonds is 2. The molecule has 1 atom stereocenters. The fraction of sp³-hybridized carbons (Fsp3) is 0.125. The normalized spacial score (nSPS) is 10.5. The zero-order valence-corrected chi connectivity index (χ0v) is 8.35. The van der Waals surface area contributed by atoms with Crippen LogP contribution in [-0.2, 0) is 4.79 Å².